The van der Waals surface area contributed by atoms with Crippen LogP contribution in [0, 0.1) is 11.6 Å². The molecule has 0 saturated carbocycles. The van der Waals surface area contributed by atoms with Gasteiger partial charge in [-0.05, 0) is 71.8 Å². The SMILES string of the molecule is O=C(CN1CCc2sccc2[C@@H]1c1cccc(F)c1)N1CCCN(C(=O)c2ccc(F)cc2)CC1. The normalized spacial score (nSPS) is 18.7. The molecule has 182 valence electrons. The van der Waals surface area contributed by atoms with Gasteiger partial charge in [0.2, 0.25) is 5.91 Å². The summed E-state index contributed by atoms with van der Waals surface area (Å²) in [7, 11) is 0. The van der Waals surface area contributed by atoms with Crippen LogP contribution < -0.4 is 0 Å². The zero-order chi connectivity index (χ0) is 24.4. The molecular formula is C27H27F2N3O2S. The number of hydrogen-bond acceptors (Lipinski definition) is 4. The van der Waals surface area contributed by atoms with E-state index in [2.05, 4.69) is 16.3 Å². The molecule has 0 aliphatic carbocycles. The van der Waals surface area contributed by atoms with Crippen molar-refractivity contribution in [3.63, 3.8) is 0 Å². The molecule has 0 bridgehead atoms. The summed E-state index contributed by atoms with van der Waals surface area (Å²) in [5.74, 6) is -0.791. The lowest BCUT2D eigenvalue weighted by atomic mass is 9.93. The quantitative estimate of drug-likeness (QED) is 0.541. The molecule has 3 aromatic rings. The van der Waals surface area contributed by atoms with Gasteiger partial charge in [0.05, 0.1) is 12.6 Å². The summed E-state index contributed by atoms with van der Waals surface area (Å²) in [6.45, 7) is 2.98. The van der Waals surface area contributed by atoms with E-state index < -0.39 is 0 Å². The molecule has 1 saturated heterocycles. The monoisotopic (exact) mass is 495 g/mol. The predicted molar refractivity (Wildman–Crippen MR) is 131 cm³/mol. The minimum Gasteiger partial charge on any atom is -0.340 e. The molecule has 1 fully saturated rings. The highest BCUT2D eigenvalue weighted by molar-refractivity contribution is 7.10. The fraction of sp³-hybridized carbons (Fsp3) is 0.333. The van der Waals surface area contributed by atoms with Crippen LogP contribution >= 0.6 is 11.3 Å². The number of nitrogens with zero attached hydrogens (tertiary/aromatic N) is 3. The van der Waals surface area contributed by atoms with Crippen LogP contribution in [0.2, 0.25) is 0 Å². The second kappa shape index (κ2) is 10.3. The predicted octanol–water partition coefficient (Wildman–Crippen LogP) is 4.35. The van der Waals surface area contributed by atoms with Crippen molar-refractivity contribution in [3.8, 4) is 0 Å². The van der Waals surface area contributed by atoms with Gasteiger partial charge in [0.15, 0.2) is 0 Å². The smallest absolute Gasteiger partial charge is 0.253 e. The third-order valence-corrected chi connectivity index (χ3v) is 7.79. The number of hydrogen-bond donors (Lipinski definition) is 0. The van der Waals surface area contributed by atoms with E-state index in [0.29, 0.717) is 38.2 Å². The van der Waals surface area contributed by atoms with Gasteiger partial charge in [-0.1, -0.05) is 12.1 Å². The third kappa shape index (κ3) is 5.13. The number of fused-ring (bicyclic) bond motifs is 1. The van der Waals surface area contributed by atoms with Gasteiger partial charge < -0.3 is 9.80 Å². The van der Waals surface area contributed by atoms with Gasteiger partial charge in [-0.15, -0.1) is 11.3 Å². The summed E-state index contributed by atoms with van der Waals surface area (Å²) in [5, 5.41) is 2.06. The average Bonchev–Trinajstić information content (AvgIpc) is 3.19. The van der Waals surface area contributed by atoms with Crippen LogP contribution in [-0.2, 0) is 11.2 Å². The number of benzene rings is 2. The first-order valence-electron chi connectivity index (χ1n) is 11.9. The number of amides is 2. The van der Waals surface area contributed by atoms with Crippen molar-refractivity contribution in [2.75, 3.05) is 39.3 Å². The number of carbonyl (C=O) groups is 2. The number of carbonyl (C=O) groups excluding carboxylic acids is 2. The molecule has 2 aliphatic heterocycles. The minimum atomic E-state index is -0.377. The van der Waals surface area contributed by atoms with Gasteiger partial charge in [-0.3, -0.25) is 14.5 Å². The lowest BCUT2D eigenvalue weighted by Gasteiger charge is -2.37. The molecule has 5 nitrogen and oxygen atoms in total. The van der Waals surface area contributed by atoms with Crippen molar-refractivity contribution in [3.05, 3.63) is 93.2 Å². The highest BCUT2D eigenvalue weighted by Gasteiger charge is 2.32. The number of rotatable bonds is 4. The Morgan fingerprint density at radius 2 is 1.66 bits per heavy atom. The van der Waals surface area contributed by atoms with Crippen LogP contribution in [0.15, 0.2) is 60.0 Å². The maximum atomic E-state index is 14.1. The standard InChI is InChI=1S/C27H27F2N3O2S/c28-21-7-5-19(6-8-21)27(34)31-12-2-11-30(14-15-31)25(33)18-32-13-9-24-23(10-16-35-24)26(32)20-3-1-4-22(29)17-20/h1,3-8,10,16-17,26H,2,9,11-15,18H2/t26-/m0/s1. The van der Waals surface area contributed by atoms with Gasteiger partial charge >= 0.3 is 0 Å². The van der Waals surface area contributed by atoms with Gasteiger partial charge in [0.1, 0.15) is 11.6 Å². The first kappa shape index (κ1) is 23.6. The summed E-state index contributed by atoms with van der Waals surface area (Å²) in [5.41, 5.74) is 2.44. The molecule has 0 unspecified atom stereocenters. The molecule has 2 amide bonds. The van der Waals surface area contributed by atoms with E-state index in [1.54, 1.807) is 28.4 Å². The van der Waals surface area contributed by atoms with Gasteiger partial charge in [0, 0.05) is 43.2 Å². The Kier molecular flexibility index (Phi) is 6.92. The zero-order valence-electron chi connectivity index (χ0n) is 19.3. The summed E-state index contributed by atoms with van der Waals surface area (Å²) in [6, 6.07) is 14.1. The topological polar surface area (TPSA) is 43.9 Å². The highest BCUT2D eigenvalue weighted by atomic mass is 32.1. The van der Waals surface area contributed by atoms with E-state index in [0.717, 1.165) is 24.1 Å². The van der Waals surface area contributed by atoms with E-state index in [1.165, 1.54) is 35.2 Å². The van der Waals surface area contributed by atoms with Crippen molar-refractivity contribution in [2.24, 2.45) is 0 Å². The fourth-order valence-corrected chi connectivity index (χ4v) is 5.93. The summed E-state index contributed by atoms with van der Waals surface area (Å²) >= 11 is 1.71. The Morgan fingerprint density at radius 3 is 2.46 bits per heavy atom. The summed E-state index contributed by atoms with van der Waals surface area (Å²) in [4.78, 5) is 33.2. The van der Waals surface area contributed by atoms with E-state index in [9.17, 15) is 18.4 Å². The molecule has 2 aromatic carbocycles. The Labute approximate surface area is 207 Å². The van der Waals surface area contributed by atoms with E-state index >= 15 is 0 Å². The van der Waals surface area contributed by atoms with Crippen LogP contribution in [0.5, 0.6) is 0 Å². The molecular weight excluding hydrogens is 468 g/mol. The Morgan fingerprint density at radius 1 is 0.886 bits per heavy atom. The van der Waals surface area contributed by atoms with Gasteiger partial charge in [-0.2, -0.15) is 0 Å². The van der Waals surface area contributed by atoms with Crippen molar-refractivity contribution in [2.45, 2.75) is 18.9 Å². The molecule has 5 rings (SSSR count). The molecule has 0 radical (unpaired) electrons. The molecule has 35 heavy (non-hydrogen) atoms. The van der Waals surface area contributed by atoms with E-state index in [-0.39, 0.29) is 36.0 Å². The summed E-state index contributed by atoms with van der Waals surface area (Å²) < 4.78 is 27.3. The first-order valence-corrected chi connectivity index (χ1v) is 12.8. The molecule has 1 atom stereocenters. The molecule has 1 aromatic heterocycles. The minimum absolute atomic E-state index is 0.0150. The van der Waals surface area contributed by atoms with Crippen molar-refractivity contribution in [1.29, 1.82) is 0 Å². The first-order chi connectivity index (χ1) is 17.0. The van der Waals surface area contributed by atoms with Crippen LogP contribution in [0.4, 0.5) is 8.78 Å². The Balaban J connectivity index is 1.27. The second-order valence-electron chi connectivity index (χ2n) is 9.01. The van der Waals surface area contributed by atoms with Crippen LogP contribution in [0.1, 0.15) is 38.8 Å². The molecule has 3 heterocycles. The molecule has 8 heteroatoms. The van der Waals surface area contributed by atoms with Crippen molar-refractivity contribution in [1.82, 2.24) is 14.7 Å². The van der Waals surface area contributed by atoms with E-state index in [1.807, 2.05) is 11.0 Å². The Bertz CT molecular complexity index is 1210. The lowest BCUT2D eigenvalue weighted by Crippen LogP contribution is -2.45. The van der Waals surface area contributed by atoms with Crippen LogP contribution in [0.3, 0.4) is 0 Å². The number of thiophene rings is 1. The van der Waals surface area contributed by atoms with Crippen LogP contribution in [0.25, 0.3) is 0 Å². The average molecular weight is 496 g/mol. The largest absolute Gasteiger partial charge is 0.340 e. The molecule has 0 spiro atoms. The van der Waals surface area contributed by atoms with Crippen molar-refractivity contribution >= 4 is 23.2 Å². The van der Waals surface area contributed by atoms with Crippen molar-refractivity contribution < 1.29 is 18.4 Å². The third-order valence-electron chi connectivity index (χ3n) is 6.80. The fourth-order valence-electron chi connectivity index (χ4n) is 5.02. The molecule has 0 N–H and O–H groups in total. The maximum absolute atomic E-state index is 14.1. The van der Waals surface area contributed by atoms with Gasteiger partial charge in [-0.25, -0.2) is 8.78 Å². The Hall–Kier alpha value is -3.10. The lowest BCUT2D eigenvalue weighted by molar-refractivity contribution is -0.132. The maximum Gasteiger partial charge on any atom is 0.253 e. The zero-order valence-corrected chi connectivity index (χ0v) is 20.1. The van der Waals surface area contributed by atoms with E-state index in [4.69, 9.17) is 0 Å². The summed E-state index contributed by atoms with van der Waals surface area (Å²) in [6.07, 6.45) is 1.55. The molecule has 2 aliphatic rings. The van der Waals surface area contributed by atoms with Gasteiger partial charge in [0.25, 0.3) is 5.91 Å². The highest BCUT2D eigenvalue weighted by Crippen LogP contribution is 2.37. The van der Waals surface area contributed by atoms with Crippen LogP contribution in [-0.4, -0.2) is 65.8 Å². The number of halogens is 2. The second-order valence-corrected chi connectivity index (χ2v) is 10.0.